The molecule has 0 atom stereocenters. The predicted octanol–water partition coefficient (Wildman–Crippen LogP) is 5.37. The summed E-state index contributed by atoms with van der Waals surface area (Å²) in [5.74, 6) is 0. The van der Waals surface area contributed by atoms with Gasteiger partial charge in [-0.25, -0.2) is 0 Å². The molecule has 0 unspecified atom stereocenters. The molecule has 3 heteroatoms. The lowest BCUT2D eigenvalue weighted by Gasteiger charge is -2.25. The molecule has 0 radical (unpaired) electrons. The van der Waals surface area contributed by atoms with Gasteiger partial charge in [0, 0.05) is 11.8 Å². The summed E-state index contributed by atoms with van der Waals surface area (Å²) in [7, 11) is 0. The van der Waals surface area contributed by atoms with Crippen molar-refractivity contribution in [2.24, 2.45) is 15.2 Å². The van der Waals surface area contributed by atoms with Crippen molar-refractivity contribution in [2.45, 2.75) is 25.7 Å². The Morgan fingerprint density at radius 1 is 0.731 bits per heavy atom. The number of benzene rings is 2. The first-order valence-electron chi connectivity index (χ1n) is 9.12. The van der Waals surface area contributed by atoms with Gasteiger partial charge in [0.15, 0.2) is 0 Å². The molecule has 0 saturated carbocycles. The zero-order valence-corrected chi connectivity index (χ0v) is 14.5. The van der Waals surface area contributed by atoms with Crippen LogP contribution >= 0.6 is 0 Å². The summed E-state index contributed by atoms with van der Waals surface area (Å²) in [6, 6.07) is 13.5. The fraction of sp³-hybridized carbons (Fsp3) is 0.174. The van der Waals surface area contributed by atoms with E-state index >= 15 is 0 Å². The molecule has 0 spiro atoms. The van der Waals surface area contributed by atoms with Gasteiger partial charge in [-0.15, -0.1) is 5.11 Å². The lowest BCUT2D eigenvalue weighted by molar-refractivity contribution is 0.908. The minimum atomic E-state index is 0.880. The number of allylic oxidation sites excluding steroid dienone is 3. The van der Waals surface area contributed by atoms with Crippen molar-refractivity contribution in [3.05, 3.63) is 94.5 Å². The standard InChI is InChI=1S/C18H16.C5H3N3/c1-3-7-15-13(5-1)9-11-18-16-8-4-2-6-14(16)10-12-17(15)18;1-4-2-7-8-5(4)3-6-1/h1-5,7,10,12H,6,8-9,11H2;1-3H. The minimum absolute atomic E-state index is 0.880. The molecule has 0 N–H and O–H groups in total. The highest BCUT2D eigenvalue weighted by atomic mass is 15.1. The first-order chi connectivity index (χ1) is 12.9. The molecule has 0 aromatic heterocycles. The summed E-state index contributed by atoms with van der Waals surface area (Å²) >= 11 is 0. The molecule has 126 valence electrons. The van der Waals surface area contributed by atoms with E-state index in [1.54, 1.807) is 29.7 Å². The monoisotopic (exact) mass is 337 g/mol. The Balaban J connectivity index is 0.000000156. The Kier molecular flexibility index (Phi) is 3.71. The van der Waals surface area contributed by atoms with Crippen LogP contribution in [0.5, 0.6) is 0 Å². The molecule has 0 bridgehead atoms. The van der Waals surface area contributed by atoms with E-state index in [9.17, 15) is 0 Å². The maximum absolute atomic E-state index is 3.86. The SMILES string of the molecule is C1=CCc2c(ccc3c2CCc2ccccc2-3)C1.C1=NC=C2N=NC=C12. The third kappa shape index (κ3) is 2.57. The van der Waals surface area contributed by atoms with Gasteiger partial charge in [-0.3, -0.25) is 4.99 Å². The Hall–Kier alpha value is -3.07. The van der Waals surface area contributed by atoms with E-state index in [4.69, 9.17) is 0 Å². The van der Waals surface area contributed by atoms with Crippen molar-refractivity contribution in [3.63, 3.8) is 0 Å². The Morgan fingerprint density at radius 2 is 1.65 bits per heavy atom. The van der Waals surface area contributed by atoms with Gasteiger partial charge in [0.05, 0.1) is 12.4 Å². The average molecular weight is 337 g/mol. The number of nitrogens with zero attached hydrogens (tertiary/aromatic N) is 3. The molecule has 2 aliphatic carbocycles. The summed E-state index contributed by atoms with van der Waals surface area (Å²) < 4.78 is 0. The van der Waals surface area contributed by atoms with Crippen LogP contribution in [0.4, 0.5) is 0 Å². The van der Waals surface area contributed by atoms with Gasteiger partial charge in [-0.1, -0.05) is 48.6 Å². The van der Waals surface area contributed by atoms with Crippen LogP contribution in [0.1, 0.15) is 22.3 Å². The van der Waals surface area contributed by atoms with Crippen LogP contribution in [0.2, 0.25) is 0 Å². The highest BCUT2D eigenvalue weighted by Crippen LogP contribution is 2.37. The minimum Gasteiger partial charge on any atom is -0.262 e. The number of aliphatic imine (C=N–C) groups is 1. The van der Waals surface area contributed by atoms with E-state index in [1.807, 2.05) is 0 Å². The molecule has 3 nitrogen and oxygen atoms in total. The van der Waals surface area contributed by atoms with Crippen molar-refractivity contribution >= 4 is 6.21 Å². The fourth-order valence-electron chi connectivity index (χ4n) is 4.06. The maximum atomic E-state index is 3.86. The molecule has 2 aliphatic heterocycles. The average Bonchev–Trinajstić information content (AvgIpc) is 3.33. The first-order valence-corrected chi connectivity index (χ1v) is 9.12. The second-order valence-corrected chi connectivity index (χ2v) is 6.86. The van der Waals surface area contributed by atoms with Crippen LogP contribution in [-0.4, -0.2) is 6.21 Å². The fourth-order valence-corrected chi connectivity index (χ4v) is 4.06. The van der Waals surface area contributed by atoms with Crippen LogP contribution < -0.4 is 0 Å². The molecular formula is C23H19N3. The highest BCUT2D eigenvalue weighted by Gasteiger charge is 2.20. The van der Waals surface area contributed by atoms with Crippen LogP contribution in [0.3, 0.4) is 0 Å². The second-order valence-electron chi connectivity index (χ2n) is 6.86. The summed E-state index contributed by atoms with van der Waals surface area (Å²) in [6.45, 7) is 0. The van der Waals surface area contributed by atoms with Gasteiger partial charge in [-0.05, 0) is 59.1 Å². The van der Waals surface area contributed by atoms with Gasteiger partial charge in [0.2, 0.25) is 0 Å². The lowest BCUT2D eigenvalue weighted by atomic mass is 9.79. The van der Waals surface area contributed by atoms with Crippen LogP contribution in [0, 0.1) is 0 Å². The van der Waals surface area contributed by atoms with Gasteiger partial charge in [0.25, 0.3) is 0 Å². The number of hydrogen-bond donors (Lipinski definition) is 0. The largest absolute Gasteiger partial charge is 0.262 e. The summed E-state index contributed by atoms with van der Waals surface area (Å²) in [5, 5.41) is 7.44. The molecular weight excluding hydrogens is 318 g/mol. The van der Waals surface area contributed by atoms with E-state index in [-0.39, 0.29) is 0 Å². The maximum Gasteiger partial charge on any atom is 0.114 e. The van der Waals surface area contributed by atoms with Crippen molar-refractivity contribution in [1.82, 2.24) is 0 Å². The van der Waals surface area contributed by atoms with E-state index in [1.165, 1.54) is 35.1 Å². The number of fused-ring (bicyclic) bond motifs is 6. The molecule has 2 aromatic carbocycles. The Bertz CT molecular complexity index is 1010. The number of azo groups is 1. The van der Waals surface area contributed by atoms with E-state index in [2.05, 4.69) is 63.8 Å². The zero-order valence-electron chi connectivity index (χ0n) is 14.5. The predicted molar refractivity (Wildman–Crippen MR) is 105 cm³/mol. The van der Waals surface area contributed by atoms with Crippen molar-refractivity contribution in [3.8, 4) is 11.1 Å². The summed E-state index contributed by atoms with van der Waals surface area (Å²) in [4.78, 5) is 3.86. The molecule has 0 fully saturated rings. The number of hydrogen-bond acceptors (Lipinski definition) is 3. The highest BCUT2D eigenvalue weighted by molar-refractivity contribution is 5.88. The van der Waals surface area contributed by atoms with Gasteiger partial charge in [0.1, 0.15) is 5.70 Å². The third-order valence-electron chi connectivity index (χ3n) is 5.37. The van der Waals surface area contributed by atoms with Crippen LogP contribution in [0.25, 0.3) is 11.1 Å². The smallest absolute Gasteiger partial charge is 0.114 e. The van der Waals surface area contributed by atoms with E-state index in [0.717, 1.165) is 24.1 Å². The summed E-state index contributed by atoms with van der Waals surface area (Å²) in [6.07, 6.45) is 14.4. The molecule has 2 heterocycles. The zero-order chi connectivity index (χ0) is 17.3. The Morgan fingerprint density at radius 3 is 2.62 bits per heavy atom. The van der Waals surface area contributed by atoms with E-state index in [0.29, 0.717) is 0 Å². The van der Waals surface area contributed by atoms with Crippen LogP contribution in [0.15, 0.2) is 87.4 Å². The molecule has 6 rings (SSSR count). The van der Waals surface area contributed by atoms with Gasteiger partial charge in [-0.2, -0.15) is 5.11 Å². The lowest BCUT2D eigenvalue weighted by Crippen LogP contribution is -2.10. The topological polar surface area (TPSA) is 37.1 Å². The number of rotatable bonds is 0. The molecule has 0 saturated heterocycles. The van der Waals surface area contributed by atoms with Gasteiger partial charge < -0.3 is 0 Å². The normalized spacial score (nSPS) is 17.4. The van der Waals surface area contributed by atoms with Crippen molar-refractivity contribution < 1.29 is 0 Å². The van der Waals surface area contributed by atoms with Gasteiger partial charge >= 0.3 is 0 Å². The Labute approximate surface area is 153 Å². The second kappa shape index (κ2) is 6.34. The summed E-state index contributed by atoms with van der Waals surface area (Å²) in [5.41, 5.74) is 11.1. The molecule has 2 aromatic rings. The van der Waals surface area contributed by atoms with Crippen LogP contribution in [-0.2, 0) is 25.7 Å². The first kappa shape index (κ1) is 15.2. The molecule has 0 amide bonds. The quantitative estimate of drug-likeness (QED) is 0.580. The number of aryl methyl sites for hydroxylation is 1. The third-order valence-corrected chi connectivity index (χ3v) is 5.37. The molecule has 26 heavy (non-hydrogen) atoms. The van der Waals surface area contributed by atoms with Crippen molar-refractivity contribution in [1.29, 1.82) is 0 Å². The molecule has 4 aliphatic rings. The van der Waals surface area contributed by atoms with E-state index < -0.39 is 0 Å². The van der Waals surface area contributed by atoms with Crippen molar-refractivity contribution in [2.75, 3.05) is 0 Å².